The van der Waals surface area contributed by atoms with E-state index in [1.54, 1.807) is 23.5 Å². The monoisotopic (exact) mass is 330 g/mol. The lowest BCUT2D eigenvalue weighted by molar-refractivity contribution is 0.388. The standard InChI is InChI=1S/C18H19FN2OS/c1-2-21(17-8-7-14(20-22)11-16(17)19)10-9-13-12-23-18-6-4-3-5-15(13)18/h3-8,11-12,20,22H,2,9-10H2,1H3. The minimum absolute atomic E-state index is 0.332. The van der Waals surface area contributed by atoms with E-state index in [1.807, 2.05) is 23.4 Å². The number of hydrogen-bond donors (Lipinski definition) is 2. The number of nitrogens with zero attached hydrogens (tertiary/aromatic N) is 1. The van der Waals surface area contributed by atoms with Crippen LogP contribution < -0.4 is 10.4 Å². The van der Waals surface area contributed by atoms with Crippen LogP contribution >= 0.6 is 11.3 Å². The number of rotatable bonds is 6. The normalized spacial score (nSPS) is 10.9. The van der Waals surface area contributed by atoms with E-state index in [-0.39, 0.29) is 5.82 Å². The molecule has 0 bridgehead atoms. The number of likely N-dealkylation sites (N-methyl/N-ethyl adjacent to an activating group) is 1. The molecule has 0 aliphatic rings. The molecule has 2 N–H and O–H groups in total. The smallest absolute Gasteiger partial charge is 0.148 e. The lowest BCUT2D eigenvalue weighted by Crippen LogP contribution is -2.26. The molecule has 1 aromatic heterocycles. The van der Waals surface area contributed by atoms with Gasteiger partial charge in [-0.15, -0.1) is 11.3 Å². The molecular weight excluding hydrogens is 311 g/mol. The van der Waals surface area contributed by atoms with E-state index in [4.69, 9.17) is 5.21 Å². The van der Waals surface area contributed by atoms with Gasteiger partial charge in [0, 0.05) is 23.9 Å². The first kappa shape index (κ1) is 15.8. The largest absolute Gasteiger partial charge is 0.369 e. The molecular formula is C18H19FN2OS. The van der Waals surface area contributed by atoms with E-state index in [0.717, 1.165) is 19.5 Å². The third-order valence-corrected chi connectivity index (χ3v) is 5.02. The van der Waals surface area contributed by atoms with Crippen molar-refractivity contribution in [2.75, 3.05) is 23.5 Å². The summed E-state index contributed by atoms with van der Waals surface area (Å²) >= 11 is 1.75. The van der Waals surface area contributed by atoms with Gasteiger partial charge in [0.05, 0.1) is 11.4 Å². The summed E-state index contributed by atoms with van der Waals surface area (Å²) in [5.41, 5.74) is 4.19. The van der Waals surface area contributed by atoms with Gasteiger partial charge in [0.1, 0.15) is 5.82 Å². The summed E-state index contributed by atoms with van der Waals surface area (Å²) in [5, 5.41) is 12.3. The van der Waals surface area contributed by atoms with Crippen molar-refractivity contribution in [3.05, 3.63) is 59.2 Å². The van der Waals surface area contributed by atoms with Gasteiger partial charge in [-0.25, -0.2) is 4.39 Å². The lowest BCUT2D eigenvalue weighted by atomic mass is 10.1. The van der Waals surface area contributed by atoms with Gasteiger partial charge >= 0.3 is 0 Å². The van der Waals surface area contributed by atoms with Crippen LogP contribution in [0.4, 0.5) is 15.8 Å². The van der Waals surface area contributed by atoms with Gasteiger partial charge in [-0.2, -0.15) is 0 Å². The average Bonchev–Trinajstić information content (AvgIpc) is 2.99. The Morgan fingerprint density at radius 1 is 1.22 bits per heavy atom. The number of hydrogen-bond acceptors (Lipinski definition) is 4. The zero-order valence-corrected chi connectivity index (χ0v) is 13.7. The second kappa shape index (κ2) is 6.98. The molecule has 0 radical (unpaired) electrons. The molecule has 5 heteroatoms. The van der Waals surface area contributed by atoms with Crippen LogP contribution in [0, 0.1) is 5.82 Å². The molecule has 0 atom stereocenters. The van der Waals surface area contributed by atoms with Crippen molar-refractivity contribution in [2.24, 2.45) is 0 Å². The van der Waals surface area contributed by atoms with Crippen molar-refractivity contribution in [3.63, 3.8) is 0 Å². The quantitative estimate of drug-likeness (QED) is 0.630. The van der Waals surface area contributed by atoms with Gasteiger partial charge in [0.15, 0.2) is 0 Å². The van der Waals surface area contributed by atoms with Crippen LogP contribution in [0.5, 0.6) is 0 Å². The third kappa shape index (κ3) is 3.30. The van der Waals surface area contributed by atoms with Crippen molar-refractivity contribution in [2.45, 2.75) is 13.3 Å². The maximum Gasteiger partial charge on any atom is 0.148 e. The zero-order chi connectivity index (χ0) is 16.2. The van der Waals surface area contributed by atoms with Crippen LogP contribution in [0.25, 0.3) is 10.1 Å². The fraction of sp³-hybridized carbons (Fsp3) is 0.222. The first-order chi connectivity index (χ1) is 11.2. The topological polar surface area (TPSA) is 35.5 Å². The summed E-state index contributed by atoms with van der Waals surface area (Å²) in [6.45, 7) is 3.49. The molecule has 0 fully saturated rings. The zero-order valence-electron chi connectivity index (χ0n) is 12.9. The Hall–Kier alpha value is -2.11. The second-order valence-electron chi connectivity index (χ2n) is 5.36. The molecule has 120 valence electrons. The van der Waals surface area contributed by atoms with E-state index in [9.17, 15) is 4.39 Å². The first-order valence-electron chi connectivity index (χ1n) is 7.62. The lowest BCUT2D eigenvalue weighted by Gasteiger charge is -2.24. The molecule has 0 saturated heterocycles. The highest BCUT2D eigenvalue weighted by Gasteiger charge is 2.12. The van der Waals surface area contributed by atoms with Gasteiger partial charge < -0.3 is 4.90 Å². The van der Waals surface area contributed by atoms with E-state index in [0.29, 0.717) is 11.4 Å². The van der Waals surface area contributed by atoms with Crippen molar-refractivity contribution >= 4 is 32.8 Å². The summed E-state index contributed by atoms with van der Waals surface area (Å²) < 4.78 is 15.5. The van der Waals surface area contributed by atoms with Crippen LogP contribution in [0.2, 0.25) is 0 Å². The van der Waals surface area contributed by atoms with Crippen LogP contribution in [-0.2, 0) is 6.42 Å². The predicted molar refractivity (Wildman–Crippen MR) is 95.2 cm³/mol. The molecule has 0 spiro atoms. The highest BCUT2D eigenvalue weighted by atomic mass is 32.1. The summed E-state index contributed by atoms with van der Waals surface area (Å²) in [6, 6.07) is 13.0. The Morgan fingerprint density at radius 2 is 2.04 bits per heavy atom. The predicted octanol–water partition coefficient (Wildman–Crippen LogP) is 4.91. The Bertz CT molecular complexity index is 803. The van der Waals surface area contributed by atoms with E-state index in [1.165, 1.54) is 21.7 Å². The molecule has 23 heavy (non-hydrogen) atoms. The molecule has 2 aromatic carbocycles. The van der Waals surface area contributed by atoms with Crippen molar-refractivity contribution in [1.82, 2.24) is 0 Å². The molecule has 0 unspecified atom stereocenters. The maximum atomic E-state index is 14.2. The fourth-order valence-electron chi connectivity index (χ4n) is 2.76. The fourth-order valence-corrected chi connectivity index (χ4v) is 3.76. The minimum atomic E-state index is -0.332. The number of benzene rings is 2. The number of nitrogens with one attached hydrogen (secondary N) is 1. The summed E-state index contributed by atoms with van der Waals surface area (Å²) in [4.78, 5) is 2.02. The maximum absolute atomic E-state index is 14.2. The minimum Gasteiger partial charge on any atom is -0.369 e. The van der Waals surface area contributed by atoms with Gasteiger partial charge in [-0.3, -0.25) is 10.7 Å². The second-order valence-corrected chi connectivity index (χ2v) is 6.28. The van der Waals surface area contributed by atoms with E-state index >= 15 is 0 Å². The van der Waals surface area contributed by atoms with Gasteiger partial charge in [-0.05, 0) is 47.9 Å². The molecule has 0 aliphatic carbocycles. The van der Waals surface area contributed by atoms with Crippen molar-refractivity contribution in [1.29, 1.82) is 0 Å². The van der Waals surface area contributed by atoms with Crippen LogP contribution in [0.3, 0.4) is 0 Å². The molecule has 3 nitrogen and oxygen atoms in total. The van der Waals surface area contributed by atoms with Crippen LogP contribution in [0.1, 0.15) is 12.5 Å². The number of thiophene rings is 1. The summed E-state index contributed by atoms with van der Waals surface area (Å²) in [5.74, 6) is -0.332. The Labute approximate surface area is 138 Å². The average molecular weight is 330 g/mol. The number of fused-ring (bicyclic) bond motifs is 1. The summed E-state index contributed by atoms with van der Waals surface area (Å²) in [7, 11) is 0. The van der Waals surface area contributed by atoms with E-state index < -0.39 is 0 Å². The molecule has 0 aliphatic heterocycles. The Morgan fingerprint density at radius 3 is 2.78 bits per heavy atom. The molecule has 3 rings (SSSR count). The molecule has 0 saturated carbocycles. The van der Waals surface area contributed by atoms with Gasteiger partial charge in [-0.1, -0.05) is 18.2 Å². The van der Waals surface area contributed by atoms with Gasteiger partial charge in [0.25, 0.3) is 0 Å². The van der Waals surface area contributed by atoms with Crippen LogP contribution in [0.15, 0.2) is 47.8 Å². The van der Waals surface area contributed by atoms with E-state index in [2.05, 4.69) is 23.6 Å². The molecule has 1 heterocycles. The highest BCUT2D eigenvalue weighted by molar-refractivity contribution is 7.17. The number of halogens is 1. The third-order valence-electron chi connectivity index (χ3n) is 4.01. The Balaban J connectivity index is 1.77. The summed E-state index contributed by atoms with van der Waals surface area (Å²) in [6.07, 6.45) is 0.872. The highest BCUT2D eigenvalue weighted by Crippen LogP contribution is 2.27. The molecule has 3 aromatic rings. The SMILES string of the molecule is CCN(CCc1csc2ccccc12)c1ccc(NO)cc1F. The Kier molecular flexibility index (Phi) is 4.79. The van der Waals surface area contributed by atoms with Gasteiger partial charge in [0.2, 0.25) is 0 Å². The van der Waals surface area contributed by atoms with Crippen LogP contribution in [-0.4, -0.2) is 18.3 Å². The number of anilines is 2. The first-order valence-corrected chi connectivity index (χ1v) is 8.50. The van der Waals surface area contributed by atoms with Crippen molar-refractivity contribution in [3.8, 4) is 0 Å². The molecule has 0 amide bonds. The van der Waals surface area contributed by atoms with Crippen molar-refractivity contribution < 1.29 is 9.60 Å².